The third kappa shape index (κ3) is 4.26. The van der Waals surface area contributed by atoms with Crippen LogP contribution in [0.5, 0.6) is 11.5 Å². The van der Waals surface area contributed by atoms with Crippen LogP contribution in [0.4, 0.5) is 0 Å². The highest BCUT2D eigenvalue weighted by atomic mass is 127. The number of ether oxygens (including phenoxy) is 2. The van der Waals surface area contributed by atoms with Crippen LogP contribution in [0.1, 0.15) is 11.4 Å². The number of nitrogens with zero attached hydrogens (tertiary/aromatic N) is 4. The van der Waals surface area contributed by atoms with Crippen molar-refractivity contribution in [3.8, 4) is 11.5 Å². The Morgan fingerprint density at radius 1 is 1.22 bits per heavy atom. The van der Waals surface area contributed by atoms with Crippen LogP contribution in [0, 0.1) is 0 Å². The van der Waals surface area contributed by atoms with Gasteiger partial charge in [0.05, 0.1) is 11.0 Å². The summed E-state index contributed by atoms with van der Waals surface area (Å²) in [5, 5.41) is 14.9. The van der Waals surface area contributed by atoms with Crippen molar-refractivity contribution in [1.29, 1.82) is 0 Å². The van der Waals surface area contributed by atoms with Gasteiger partial charge in [-0.15, -0.1) is 34.2 Å². The number of hydrogen-bond donors (Lipinski definition) is 2. The fourth-order valence-electron chi connectivity index (χ4n) is 2.70. The van der Waals surface area contributed by atoms with Gasteiger partial charge in [-0.3, -0.25) is 9.39 Å². The van der Waals surface area contributed by atoms with E-state index in [1.165, 1.54) is 0 Å². The Kier molecular flexibility index (Phi) is 6.37. The van der Waals surface area contributed by atoms with Crippen LogP contribution >= 0.6 is 39.9 Å². The van der Waals surface area contributed by atoms with E-state index in [1.807, 2.05) is 40.9 Å². The Balaban J connectivity index is 0.00000210. The second-order valence-electron chi connectivity index (χ2n) is 5.64. The van der Waals surface area contributed by atoms with Gasteiger partial charge in [0.2, 0.25) is 6.79 Å². The molecule has 2 aromatic heterocycles. The van der Waals surface area contributed by atoms with Gasteiger partial charge >= 0.3 is 0 Å². The van der Waals surface area contributed by atoms with Gasteiger partial charge in [0.15, 0.2) is 28.9 Å². The minimum atomic E-state index is 0. The zero-order valence-corrected chi connectivity index (χ0v) is 18.4. The lowest BCUT2D eigenvalue weighted by Crippen LogP contribution is -2.36. The SMILES string of the molecule is CN=C(NCc1cc(Br)c2c(c1)OCO2)NCc1nnc2ccccn12.I. The van der Waals surface area contributed by atoms with Crippen LogP contribution in [0.2, 0.25) is 0 Å². The fourth-order valence-corrected chi connectivity index (χ4v) is 3.31. The Morgan fingerprint density at radius 2 is 2.07 bits per heavy atom. The van der Waals surface area contributed by atoms with Gasteiger partial charge in [0.1, 0.15) is 0 Å². The monoisotopic (exact) mass is 544 g/mol. The van der Waals surface area contributed by atoms with Crippen molar-refractivity contribution < 1.29 is 9.47 Å². The normalized spacial score (nSPS) is 12.7. The number of halogens is 2. The second kappa shape index (κ2) is 8.74. The summed E-state index contributed by atoms with van der Waals surface area (Å²) in [6.45, 7) is 1.35. The topological polar surface area (TPSA) is 85.1 Å². The van der Waals surface area contributed by atoms with Crippen molar-refractivity contribution in [3.63, 3.8) is 0 Å². The van der Waals surface area contributed by atoms with Crippen LogP contribution in [-0.2, 0) is 13.1 Å². The smallest absolute Gasteiger partial charge is 0.231 e. The van der Waals surface area contributed by atoms with Crippen LogP contribution in [0.15, 0.2) is 46.0 Å². The summed E-state index contributed by atoms with van der Waals surface area (Å²) < 4.78 is 13.7. The molecule has 8 nitrogen and oxygen atoms in total. The summed E-state index contributed by atoms with van der Waals surface area (Å²) in [6.07, 6.45) is 1.94. The molecule has 0 unspecified atom stereocenters. The highest BCUT2D eigenvalue weighted by Gasteiger charge is 2.18. The summed E-state index contributed by atoms with van der Waals surface area (Å²) in [4.78, 5) is 4.25. The van der Waals surface area contributed by atoms with Crippen LogP contribution in [0.25, 0.3) is 5.65 Å². The lowest BCUT2D eigenvalue weighted by atomic mass is 10.2. The molecular weight excluding hydrogens is 527 g/mol. The number of nitrogens with one attached hydrogen (secondary N) is 2. The molecule has 1 aliphatic heterocycles. The number of rotatable bonds is 4. The van der Waals surface area contributed by atoms with E-state index in [0.29, 0.717) is 19.0 Å². The second-order valence-corrected chi connectivity index (χ2v) is 6.49. The predicted octanol–water partition coefficient (Wildman–Crippen LogP) is 2.70. The Morgan fingerprint density at radius 3 is 2.93 bits per heavy atom. The van der Waals surface area contributed by atoms with Gasteiger partial charge in [-0.05, 0) is 45.8 Å². The standard InChI is InChI=1S/C17H17BrN6O2.HI/c1-19-17(21-9-15-23-22-14-4-2-3-5-24(14)15)20-8-11-6-12(18)16-13(7-11)25-10-26-16;/h2-7H,8-10H2,1H3,(H2,19,20,21);1H. The first-order chi connectivity index (χ1) is 12.7. The van der Waals surface area contributed by atoms with Crippen LogP contribution < -0.4 is 20.1 Å². The van der Waals surface area contributed by atoms with E-state index in [2.05, 4.69) is 41.8 Å². The van der Waals surface area contributed by atoms with Crippen molar-refractivity contribution in [3.05, 3.63) is 52.4 Å². The molecule has 0 saturated heterocycles. The first kappa shape index (κ1) is 19.7. The molecule has 27 heavy (non-hydrogen) atoms. The van der Waals surface area contributed by atoms with E-state index < -0.39 is 0 Å². The zero-order chi connectivity index (χ0) is 17.9. The Labute approximate surface area is 181 Å². The number of aliphatic imine (C=N–C) groups is 1. The molecular formula is C17H18BrIN6O2. The zero-order valence-electron chi connectivity index (χ0n) is 14.5. The van der Waals surface area contributed by atoms with Gasteiger partial charge in [-0.25, -0.2) is 0 Å². The van der Waals surface area contributed by atoms with Gasteiger partial charge < -0.3 is 20.1 Å². The molecule has 10 heteroatoms. The fraction of sp³-hybridized carbons (Fsp3) is 0.235. The molecule has 0 fully saturated rings. The number of benzene rings is 1. The van der Waals surface area contributed by atoms with Crippen molar-refractivity contribution >= 4 is 51.5 Å². The number of pyridine rings is 1. The molecule has 0 amide bonds. The molecule has 0 atom stereocenters. The van der Waals surface area contributed by atoms with E-state index in [4.69, 9.17) is 9.47 Å². The van der Waals surface area contributed by atoms with Gasteiger partial charge in [0.25, 0.3) is 0 Å². The predicted molar refractivity (Wildman–Crippen MR) is 116 cm³/mol. The summed E-state index contributed by atoms with van der Waals surface area (Å²) in [7, 11) is 1.73. The van der Waals surface area contributed by atoms with Crippen LogP contribution in [-0.4, -0.2) is 34.4 Å². The first-order valence-electron chi connectivity index (χ1n) is 8.06. The highest BCUT2D eigenvalue weighted by Crippen LogP contribution is 2.39. The molecule has 0 saturated carbocycles. The largest absolute Gasteiger partial charge is 0.454 e. The lowest BCUT2D eigenvalue weighted by Gasteiger charge is -2.12. The van der Waals surface area contributed by atoms with Gasteiger partial charge in [0, 0.05) is 19.8 Å². The quantitative estimate of drug-likeness (QED) is 0.298. The molecule has 2 N–H and O–H groups in total. The van der Waals surface area contributed by atoms with Crippen molar-refractivity contribution in [2.24, 2.45) is 4.99 Å². The molecule has 4 rings (SSSR count). The van der Waals surface area contributed by atoms with E-state index in [9.17, 15) is 0 Å². The minimum absolute atomic E-state index is 0. The molecule has 3 heterocycles. The Hall–Kier alpha value is -2.08. The lowest BCUT2D eigenvalue weighted by molar-refractivity contribution is 0.173. The van der Waals surface area contributed by atoms with E-state index >= 15 is 0 Å². The maximum atomic E-state index is 5.45. The molecule has 1 aromatic carbocycles. The van der Waals surface area contributed by atoms with E-state index in [0.717, 1.165) is 33.0 Å². The average Bonchev–Trinajstić information content (AvgIpc) is 3.29. The number of guanidine groups is 1. The van der Waals surface area contributed by atoms with Crippen LogP contribution in [0.3, 0.4) is 0 Å². The molecule has 3 aromatic rings. The minimum Gasteiger partial charge on any atom is -0.454 e. The molecule has 0 spiro atoms. The van der Waals surface area contributed by atoms with Gasteiger partial charge in [-0.2, -0.15) is 0 Å². The summed E-state index contributed by atoms with van der Waals surface area (Å²) in [5.41, 5.74) is 1.87. The van der Waals surface area contributed by atoms with Gasteiger partial charge in [-0.1, -0.05) is 6.07 Å². The van der Waals surface area contributed by atoms with Crippen molar-refractivity contribution in [2.45, 2.75) is 13.1 Å². The molecule has 142 valence electrons. The van der Waals surface area contributed by atoms with E-state index in [-0.39, 0.29) is 30.8 Å². The summed E-state index contributed by atoms with van der Waals surface area (Å²) in [6, 6.07) is 9.76. The highest BCUT2D eigenvalue weighted by molar-refractivity contribution is 14.0. The maximum Gasteiger partial charge on any atom is 0.231 e. The van der Waals surface area contributed by atoms with E-state index in [1.54, 1.807) is 7.05 Å². The molecule has 0 radical (unpaired) electrons. The molecule has 0 bridgehead atoms. The number of hydrogen-bond acceptors (Lipinski definition) is 5. The molecule has 1 aliphatic rings. The Bertz CT molecular complexity index is 977. The first-order valence-corrected chi connectivity index (χ1v) is 8.85. The van der Waals surface area contributed by atoms with Crippen molar-refractivity contribution in [2.75, 3.05) is 13.8 Å². The van der Waals surface area contributed by atoms with Crippen molar-refractivity contribution in [1.82, 2.24) is 25.2 Å². The number of aromatic nitrogens is 3. The third-order valence-electron chi connectivity index (χ3n) is 3.97. The average molecular weight is 545 g/mol. The summed E-state index contributed by atoms with van der Waals surface area (Å²) in [5.74, 6) is 2.98. The molecule has 0 aliphatic carbocycles. The summed E-state index contributed by atoms with van der Waals surface area (Å²) >= 11 is 3.51. The maximum absolute atomic E-state index is 5.45. The third-order valence-corrected chi connectivity index (χ3v) is 4.56. The number of fused-ring (bicyclic) bond motifs is 2.